The van der Waals surface area contributed by atoms with Crippen LogP contribution in [0, 0.1) is 0 Å². The summed E-state index contributed by atoms with van der Waals surface area (Å²) < 4.78 is 0. The zero-order chi connectivity index (χ0) is 16.0. The largest absolute Gasteiger partial charge is 0.478 e. The van der Waals surface area contributed by atoms with Crippen molar-refractivity contribution < 1.29 is 14.7 Å². The molecular formula is C15H19ClN2O3. The minimum Gasteiger partial charge on any atom is -0.478 e. The Morgan fingerprint density at radius 1 is 1.33 bits per heavy atom. The average molecular weight is 311 g/mol. The number of likely N-dealkylation sites (N-methyl/N-ethyl adjacent to an activating group) is 2. The minimum absolute atomic E-state index is 0.0278. The number of hydrogen-bond donors (Lipinski definition) is 1. The van der Waals surface area contributed by atoms with Gasteiger partial charge in [-0.1, -0.05) is 11.6 Å². The van der Waals surface area contributed by atoms with Crippen molar-refractivity contribution in [1.29, 1.82) is 0 Å². The van der Waals surface area contributed by atoms with Crippen LogP contribution in [0.4, 0.5) is 5.69 Å². The zero-order valence-electron chi connectivity index (χ0n) is 12.3. The second kappa shape index (κ2) is 7.69. The quantitative estimate of drug-likeness (QED) is 0.819. The van der Waals surface area contributed by atoms with Crippen LogP contribution in [-0.4, -0.2) is 49.1 Å². The van der Waals surface area contributed by atoms with Gasteiger partial charge in [-0.05, 0) is 36.8 Å². The van der Waals surface area contributed by atoms with E-state index in [1.807, 2.05) is 11.8 Å². The second-order valence-electron chi connectivity index (χ2n) is 4.68. The van der Waals surface area contributed by atoms with E-state index >= 15 is 0 Å². The van der Waals surface area contributed by atoms with E-state index in [2.05, 4.69) is 0 Å². The molecule has 0 atom stereocenters. The summed E-state index contributed by atoms with van der Waals surface area (Å²) in [6, 6.07) is 5.19. The molecule has 0 aromatic heterocycles. The van der Waals surface area contributed by atoms with Crippen molar-refractivity contribution in [3.8, 4) is 0 Å². The number of carbonyl (C=O) groups is 2. The Labute approximate surface area is 129 Å². The van der Waals surface area contributed by atoms with E-state index in [0.29, 0.717) is 17.1 Å². The van der Waals surface area contributed by atoms with Gasteiger partial charge in [-0.25, -0.2) is 4.79 Å². The van der Waals surface area contributed by atoms with E-state index in [0.717, 1.165) is 11.8 Å². The predicted molar refractivity (Wildman–Crippen MR) is 84.7 cm³/mol. The second-order valence-corrected chi connectivity index (χ2v) is 5.11. The van der Waals surface area contributed by atoms with Crippen LogP contribution in [-0.2, 0) is 9.59 Å². The van der Waals surface area contributed by atoms with Gasteiger partial charge in [0.15, 0.2) is 0 Å². The lowest BCUT2D eigenvalue weighted by Crippen LogP contribution is -2.36. The summed E-state index contributed by atoms with van der Waals surface area (Å²) in [6.45, 7) is 2.77. The molecule has 0 saturated heterocycles. The van der Waals surface area contributed by atoms with Crippen LogP contribution in [0.2, 0.25) is 5.02 Å². The third kappa shape index (κ3) is 5.11. The number of aliphatic carboxylic acids is 1. The number of nitrogens with zero attached hydrogens (tertiary/aromatic N) is 2. The zero-order valence-corrected chi connectivity index (χ0v) is 13.1. The molecule has 0 aliphatic rings. The summed E-state index contributed by atoms with van der Waals surface area (Å²) >= 11 is 5.96. The van der Waals surface area contributed by atoms with Crippen molar-refractivity contribution in [1.82, 2.24) is 4.90 Å². The number of amides is 1. The standard InChI is InChI=1S/C15H19ClN2O3/c1-4-18(10-14(19)17(2)3)13-7-6-12(16)9-11(13)5-8-15(20)21/h5-9H,4,10H2,1-3H3,(H,20,21)/b8-5+. The molecule has 1 N–H and O–H groups in total. The molecule has 0 radical (unpaired) electrons. The summed E-state index contributed by atoms with van der Waals surface area (Å²) in [6.07, 6.45) is 2.53. The molecule has 0 heterocycles. The van der Waals surface area contributed by atoms with E-state index < -0.39 is 5.97 Å². The van der Waals surface area contributed by atoms with E-state index in [4.69, 9.17) is 16.7 Å². The number of anilines is 1. The molecule has 6 heteroatoms. The molecule has 1 aromatic rings. The first kappa shape index (κ1) is 17.0. The Kier molecular flexibility index (Phi) is 6.24. The van der Waals surface area contributed by atoms with Crippen molar-refractivity contribution >= 4 is 35.2 Å². The maximum absolute atomic E-state index is 11.9. The van der Waals surface area contributed by atoms with Crippen LogP contribution in [0.25, 0.3) is 6.08 Å². The van der Waals surface area contributed by atoms with Gasteiger partial charge in [0.2, 0.25) is 5.91 Å². The van der Waals surface area contributed by atoms with Crippen molar-refractivity contribution in [3.63, 3.8) is 0 Å². The molecule has 0 saturated carbocycles. The number of carboxylic acids is 1. The first-order valence-corrected chi connectivity index (χ1v) is 6.88. The fourth-order valence-electron chi connectivity index (χ4n) is 1.78. The van der Waals surface area contributed by atoms with E-state index in [-0.39, 0.29) is 12.5 Å². The number of halogens is 1. The van der Waals surface area contributed by atoms with Gasteiger partial charge in [0, 0.05) is 37.4 Å². The smallest absolute Gasteiger partial charge is 0.328 e. The maximum Gasteiger partial charge on any atom is 0.328 e. The normalized spacial score (nSPS) is 10.7. The van der Waals surface area contributed by atoms with Gasteiger partial charge in [0.25, 0.3) is 0 Å². The summed E-state index contributed by atoms with van der Waals surface area (Å²) in [5, 5.41) is 9.27. The summed E-state index contributed by atoms with van der Waals surface area (Å²) in [5.41, 5.74) is 1.44. The highest BCUT2D eigenvalue weighted by Gasteiger charge is 2.14. The van der Waals surface area contributed by atoms with Crippen LogP contribution in [0.15, 0.2) is 24.3 Å². The summed E-state index contributed by atoms with van der Waals surface area (Å²) in [7, 11) is 3.40. The van der Waals surface area contributed by atoms with Crippen molar-refractivity contribution in [2.75, 3.05) is 32.1 Å². The molecule has 0 spiro atoms. The number of carboxylic acid groups (broad SMARTS) is 1. The van der Waals surface area contributed by atoms with Crippen LogP contribution < -0.4 is 4.90 Å². The van der Waals surface area contributed by atoms with Gasteiger partial charge in [-0.2, -0.15) is 0 Å². The Morgan fingerprint density at radius 3 is 2.52 bits per heavy atom. The van der Waals surface area contributed by atoms with Crippen LogP contribution in [0.5, 0.6) is 0 Å². The molecule has 5 nitrogen and oxygen atoms in total. The SMILES string of the molecule is CCN(CC(=O)N(C)C)c1ccc(Cl)cc1/C=C/C(=O)O. The predicted octanol–water partition coefficient (Wildman–Crippen LogP) is 2.35. The molecule has 21 heavy (non-hydrogen) atoms. The minimum atomic E-state index is -1.03. The van der Waals surface area contributed by atoms with Gasteiger partial charge < -0.3 is 14.9 Å². The molecule has 0 unspecified atom stereocenters. The van der Waals surface area contributed by atoms with Gasteiger partial charge in [-0.15, -0.1) is 0 Å². The fraction of sp³-hybridized carbons (Fsp3) is 0.333. The molecule has 1 rings (SSSR count). The lowest BCUT2D eigenvalue weighted by molar-refractivity contribution is -0.131. The van der Waals surface area contributed by atoms with Crippen LogP contribution in [0.3, 0.4) is 0 Å². The number of benzene rings is 1. The number of carbonyl (C=O) groups excluding carboxylic acids is 1. The van der Waals surface area contributed by atoms with Crippen molar-refractivity contribution in [2.24, 2.45) is 0 Å². The highest BCUT2D eigenvalue weighted by atomic mass is 35.5. The highest BCUT2D eigenvalue weighted by molar-refractivity contribution is 6.30. The molecule has 114 valence electrons. The lowest BCUT2D eigenvalue weighted by atomic mass is 10.1. The molecule has 0 bridgehead atoms. The molecular weight excluding hydrogens is 292 g/mol. The molecule has 0 aliphatic carbocycles. The van der Waals surface area contributed by atoms with E-state index in [9.17, 15) is 9.59 Å². The topological polar surface area (TPSA) is 60.9 Å². The van der Waals surface area contributed by atoms with Gasteiger partial charge in [0.05, 0.1) is 6.54 Å². The third-order valence-corrected chi connectivity index (χ3v) is 3.18. The summed E-state index contributed by atoms with van der Waals surface area (Å²) in [5.74, 6) is -1.06. The molecule has 1 amide bonds. The van der Waals surface area contributed by atoms with Crippen molar-refractivity contribution in [2.45, 2.75) is 6.92 Å². The monoisotopic (exact) mass is 310 g/mol. The van der Waals surface area contributed by atoms with Gasteiger partial charge >= 0.3 is 5.97 Å². The third-order valence-electron chi connectivity index (χ3n) is 2.94. The van der Waals surface area contributed by atoms with Crippen molar-refractivity contribution in [3.05, 3.63) is 34.9 Å². The fourth-order valence-corrected chi connectivity index (χ4v) is 1.96. The Morgan fingerprint density at radius 2 is 2.00 bits per heavy atom. The molecule has 1 aromatic carbocycles. The Bertz CT molecular complexity index is 556. The Hall–Kier alpha value is -2.01. The van der Waals surface area contributed by atoms with Gasteiger partial charge in [-0.3, -0.25) is 4.79 Å². The van der Waals surface area contributed by atoms with Gasteiger partial charge in [0.1, 0.15) is 0 Å². The Balaban J connectivity index is 3.13. The number of rotatable bonds is 6. The highest BCUT2D eigenvalue weighted by Crippen LogP contribution is 2.25. The first-order chi connectivity index (χ1) is 9.85. The number of hydrogen-bond acceptors (Lipinski definition) is 3. The average Bonchev–Trinajstić information content (AvgIpc) is 2.42. The first-order valence-electron chi connectivity index (χ1n) is 6.50. The molecule has 0 aliphatic heterocycles. The van der Waals surface area contributed by atoms with Crippen LogP contribution >= 0.6 is 11.6 Å². The maximum atomic E-state index is 11.9. The van der Waals surface area contributed by atoms with E-state index in [1.165, 1.54) is 11.0 Å². The lowest BCUT2D eigenvalue weighted by Gasteiger charge is -2.26. The summed E-state index contributed by atoms with van der Waals surface area (Å²) in [4.78, 5) is 26.0. The molecule has 0 fully saturated rings. The van der Waals surface area contributed by atoms with Crippen LogP contribution in [0.1, 0.15) is 12.5 Å². The van der Waals surface area contributed by atoms with E-state index in [1.54, 1.807) is 32.3 Å².